The van der Waals surface area contributed by atoms with Gasteiger partial charge in [-0.05, 0) is 55.4 Å². The van der Waals surface area contributed by atoms with Gasteiger partial charge >= 0.3 is 0 Å². The van der Waals surface area contributed by atoms with Gasteiger partial charge in [-0.15, -0.1) is 0 Å². The van der Waals surface area contributed by atoms with Crippen molar-refractivity contribution in [2.45, 2.75) is 64.6 Å². The number of piperidine rings is 1. The Balaban J connectivity index is 1.35. The zero-order valence-corrected chi connectivity index (χ0v) is 22.6. The van der Waals surface area contributed by atoms with Crippen molar-refractivity contribution in [3.8, 4) is 5.88 Å². The number of hydrogen-bond donors (Lipinski definition) is 3. The van der Waals surface area contributed by atoms with Gasteiger partial charge in [0, 0.05) is 30.8 Å². The Bertz CT molecular complexity index is 1110. The van der Waals surface area contributed by atoms with E-state index in [4.69, 9.17) is 15.5 Å². The number of rotatable bonds is 10. The number of methoxy groups -OCH3 is 1. The Morgan fingerprint density at radius 2 is 1.95 bits per heavy atom. The highest BCUT2D eigenvalue weighted by molar-refractivity contribution is 5.97. The van der Waals surface area contributed by atoms with Crippen LogP contribution in [0.25, 0.3) is 0 Å². The highest BCUT2D eigenvalue weighted by Crippen LogP contribution is 2.33. The Morgan fingerprint density at radius 3 is 2.63 bits per heavy atom. The number of likely N-dealkylation sites (tertiary alicyclic amines) is 1. The van der Waals surface area contributed by atoms with Crippen LogP contribution < -0.4 is 21.1 Å². The molecule has 1 saturated heterocycles. The number of hydrogen-bond acceptors (Lipinski definition) is 7. The topological polar surface area (TPSA) is 118 Å². The molecule has 1 aliphatic heterocycles. The van der Waals surface area contributed by atoms with Gasteiger partial charge in [0.05, 0.1) is 13.7 Å². The van der Waals surface area contributed by atoms with E-state index in [0.29, 0.717) is 41.8 Å². The molecule has 1 aromatic heterocycles. The number of anilines is 1. The molecule has 2 unspecified atom stereocenters. The first-order valence-electron chi connectivity index (χ1n) is 13.6. The van der Waals surface area contributed by atoms with Crippen LogP contribution in [0.2, 0.25) is 0 Å². The quantitative estimate of drug-likeness (QED) is 0.321. The molecule has 38 heavy (non-hydrogen) atoms. The first-order chi connectivity index (χ1) is 18.3. The van der Waals surface area contributed by atoms with Crippen molar-refractivity contribution in [1.29, 1.82) is 0 Å². The molecule has 4 N–H and O–H groups in total. The van der Waals surface area contributed by atoms with Crippen LogP contribution in [0.3, 0.4) is 0 Å². The second kappa shape index (κ2) is 13.0. The lowest BCUT2D eigenvalue weighted by atomic mass is 9.90. The van der Waals surface area contributed by atoms with E-state index in [0.717, 1.165) is 31.5 Å². The summed E-state index contributed by atoms with van der Waals surface area (Å²) in [6.45, 7) is 5.43. The standard InChI is InChI=1S/C28H40FN7O2/c1-18-14-21(8-9-23(18)29)27(30)35-28(19(2)20-6-4-5-7-20)31-16-26(37)36-12-10-22(11-13-36)34-24-15-25(38-3)33-17-32-24/h8-9,14-15,17,19-20,22,28,31H,4-7,10-13,16H2,1-3H3,(H2,30,35)(H,32,33,34). The van der Waals surface area contributed by atoms with Gasteiger partial charge in [0.25, 0.3) is 0 Å². The Kier molecular flexibility index (Phi) is 9.49. The normalized spacial score (nSPS) is 18.8. The number of amides is 1. The molecule has 2 fully saturated rings. The Morgan fingerprint density at radius 1 is 1.21 bits per heavy atom. The van der Waals surface area contributed by atoms with Crippen LogP contribution in [0.1, 0.15) is 56.6 Å². The predicted molar refractivity (Wildman–Crippen MR) is 147 cm³/mol. The number of carbonyl (C=O) groups is 1. The fraction of sp³-hybridized carbons (Fsp3) is 0.571. The van der Waals surface area contributed by atoms with Crippen molar-refractivity contribution in [3.63, 3.8) is 0 Å². The van der Waals surface area contributed by atoms with Crippen LogP contribution in [0.5, 0.6) is 5.88 Å². The zero-order chi connectivity index (χ0) is 27.1. The molecule has 2 atom stereocenters. The molecule has 4 rings (SSSR count). The number of halogens is 1. The van der Waals surface area contributed by atoms with Crippen molar-refractivity contribution in [1.82, 2.24) is 20.2 Å². The summed E-state index contributed by atoms with van der Waals surface area (Å²) in [5.41, 5.74) is 7.59. The number of nitrogens with zero attached hydrogens (tertiary/aromatic N) is 4. The molecule has 2 aromatic rings. The predicted octanol–water partition coefficient (Wildman–Crippen LogP) is 3.48. The molecule has 9 nitrogen and oxygen atoms in total. The molecule has 1 saturated carbocycles. The van der Waals surface area contributed by atoms with E-state index >= 15 is 0 Å². The molecule has 1 aliphatic carbocycles. The number of benzene rings is 1. The van der Waals surface area contributed by atoms with E-state index in [-0.39, 0.29) is 36.4 Å². The fourth-order valence-corrected chi connectivity index (χ4v) is 5.43. The maximum absolute atomic E-state index is 13.8. The van der Waals surface area contributed by atoms with Gasteiger partial charge in [-0.2, -0.15) is 0 Å². The minimum Gasteiger partial charge on any atom is -0.481 e. The highest BCUT2D eigenvalue weighted by atomic mass is 19.1. The maximum atomic E-state index is 13.8. The second-order valence-corrected chi connectivity index (χ2v) is 10.5. The van der Waals surface area contributed by atoms with E-state index in [1.165, 1.54) is 25.2 Å². The number of aryl methyl sites for hydroxylation is 1. The minimum absolute atomic E-state index is 0.0576. The average molecular weight is 526 g/mol. The molecule has 1 aromatic carbocycles. The second-order valence-electron chi connectivity index (χ2n) is 10.5. The summed E-state index contributed by atoms with van der Waals surface area (Å²) >= 11 is 0. The van der Waals surface area contributed by atoms with Gasteiger partial charge in [0.15, 0.2) is 0 Å². The number of nitrogens with two attached hydrogens (primary N) is 1. The number of carbonyl (C=O) groups excluding carboxylic acids is 1. The molecule has 0 radical (unpaired) electrons. The van der Waals surface area contributed by atoms with Gasteiger partial charge < -0.3 is 20.7 Å². The number of amidine groups is 1. The Labute approximate surface area is 224 Å². The lowest BCUT2D eigenvalue weighted by Gasteiger charge is -2.33. The van der Waals surface area contributed by atoms with Crippen LogP contribution in [-0.4, -0.2) is 65.6 Å². The van der Waals surface area contributed by atoms with Gasteiger partial charge in [0.1, 0.15) is 30.0 Å². The van der Waals surface area contributed by atoms with Crippen LogP contribution in [-0.2, 0) is 4.79 Å². The fourth-order valence-electron chi connectivity index (χ4n) is 5.43. The molecular weight excluding hydrogens is 485 g/mol. The van der Waals surface area contributed by atoms with E-state index in [2.05, 4.69) is 27.5 Å². The molecule has 0 spiro atoms. The van der Waals surface area contributed by atoms with Crippen molar-refractivity contribution < 1.29 is 13.9 Å². The van der Waals surface area contributed by atoms with Crippen LogP contribution in [0.4, 0.5) is 10.2 Å². The molecule has 0 bridgehead atoms. The molecule has 206 valence electrons. The van der Waals surface area contributed by atoms with Gasteiger partial charge in [-0.3, -0.25) is 10.1 Å². The van der Waals surface area contributed by atoms with Crippen LogP contribution in [0.15, 0.2) is 35.6 Å². The van der Waals surface area contributed by atoms with Crippen LogP contribution in [0, 0.1) is 24.6 Å². The molecule has 1 amide bonds. The van der Waals surface area contributed by atoms with E-state index in [1.54, 1.807) is 32.2 Å². The first kappa shape index (κ1) is 27.8. The number of aliphatic imine (C=N–C) groups is 1. The minimum atomic E-state index is -0.292. The molecule has 10 heteroatoms. The Hall–Kier alpha value is -3.27. The summed E-state index contributed by atoms with van der Waals surface area (Å²) in [6.07, 6.45) is 7.61. The third-order valence-corrected chi connectivity index (χ3v) is 7.89. The number of aromatic nitrogens is 2. The average Bonchev–Trinajstić information content (AvgIpc) is 3.47. The van der Waals surface area contributed by atoms with E-state index in [9.17, 15) is 9.18 Å². The molecular formula is C28H40FN7O2. The lowest BCUT2D eigenvalue weighted by molar-refractivity contribution is -0.131. The zero-order valence-electron chi connectivity index (χ0n) is 22.6. The summed E-state index contributed by atoms with van der Waals surface area (Å²) in [5, 5.41) is 6.82. The smallest absolute Gasteiger partial charge is 0.236 e. The van der Waals surface area contributed by atoms with Crippen molar-refractivity contribution in [2.75, 3.05) is 32.1 Å². The molecule has 2 aliphatic rings. The third-order valence-electron chi connectivity index (χ3n) is 7.89. The van der Waals surface area contributed by atoms with E-state index < -0.39 is 0 Å². The summed E-state index contributed by atoms with van der Waals surface area (Å²) in [5.74, 6) is 2.15. The summed E-state index contributed by atoms with van der Waals surface area (Å²) in [6, 6.07) is 6.78. The monoisotopic (exact) mass is 525 g/mol. The van der Waals surface area contributed by atoms with Crippen molar-refractivity contribution in [2.24, 2.45) is 22.6 Å². The summed E-state index contributed by atoms with van der Waals surface area (Å²) in [7, 11) is 1.58. The van der Waals surface area contributed by atoms with Crippen molar-refractivity contribution >= 4 is 17.6 Å². The largest absolute Gasteiger partial charge is 0.481 e. The van der Waals surface area contributed by atoms with Gasteiger partial charge in [0.2, 0.25) is 11.8 Å². The van der Waals surface area contributed by atoms with Crippen LogP contribution >= 0.6 is 0 Å². The van der Waals surface area contributed by atoms with Gasteiger partial charge in [-0.25, -0.2) is 19.4 Å². The van der Waals surface area contributed by atoms with Gasteiger partial charge in [-0.1, -0.05) is 32.6 Å². The summed E-state index contributed by atoms with van der Waals surface area (Å²) < 4.78 is 18.9. The summed E-state index contributed by atoms with van der Waals surface area (Å²) in [4.78, 5) is 28.1. The third kappa shape index (κ3) is 7.18. The highest BCUT2D eigenvalue weighted by Gasteiger charge is 2.30. The van der Waals surface area contributed by atoms with Crippen molar-refractivity contribution in [3.05, 3.63) is 47.5 Å². The number of nitrogens with one attached hydrogen (secondary N) is 2. The maximum Gasteiger partial charge on any atom is 0.236 e. The first-order valence-corrected chi connectivity index (χ1v) is 13.6. The van der Waals surface area contributed by atoms with E-state index in [1.807, 2.05) is 4.90 Å². The SMILES string of the molecule is COc1cc(NC2CCN(C(=O)CNC(N=C(N)c3ccc(F)c(C)c3)C(C)C3CCCC3)CC2)ncn1. The number of ether oxygens (including phenoxy) is 1. The molecule has 2 heterocycles. The lowest BCUT2D eigenvalue weighted by Crippen LogP contribution is -2.48.